The highest BCUT2D eigenvalue weighted by atomic mass is 79.9. The largest absolute Gasteiger partial charge is 0.338 e. The molecule has 0 aliphatic heterocycles. The molecule has 17 heavy (non-hydrogen) atoms. The molecule has 0 saturated carbocycles. The first-order valence-corrected chi connectivity index (χ1v) is 5.88. The van der Waals surface area contributed by atoms with Gasteiger partial charge in [0.25, 0.3) is 0 Å². The van der Waals surface area contributed by atoms with Crippen molar-refractivity contribution in [2.45, 2.75) is 13.8 Å². The molecule has 0 unspecified atom stereocenters. The van der Waals surface area contributed by atoms with Gasteiger partial charge in [0.2, 0.25) is 0 Å². The second-order valence-corrected chi connectivity index (χ2v) is 4.54. The molecule has 0 fully saturated rings. The lowest BCUT2D eigenvalue weighted by atomic mass is 10.2. The van der Waals surface area contributed by atoms with E-state index in [1.165, 1.54) is 6.07 Å². The third-order valence-electron chi connectivity index (χ3n) is 2.19. The van der Waals surface area contributed by atoms with Gasteiger partial charge in [-0.15, -0.1) is 0 Å². The van der Waals surface area contributed by atoms with E-state index < -0.39 is 0 Å². The molecule has 1 aromatic heterocycles. The molecule has 0 bridgehead atoms. The first-order chi connectivity index (χ1) is 8.04. The molecule has 88 valence electrons. The molecule has 0 saturated heterocycles. The second kappa shape index (κ2) is 4.79. The van der Waals surface area contributed by atoms with Gasteiger partial charge in [0.15, 0.2) is 0 Å². The van der Waals surface area contributed by atoms with Crippen molar-refractivity contribution in [2.24, 2.45) is 0 Å². The minimum Gasteiger partial charge on any atom is -0.338 e. The van der Waals surface area contributed by atoms with Gasteiger partial charge in [0, 0.05) is 6.07 Å². The molecule has 1 heterocycles. The van der Waals surface area contributed by atoms with Crippen molar-refractivity contribution in [1.82, 2.24) is 9.97 Å². The van der Waals surface area contributed by atoms with Gasteiger partial charge in [-0.3, -0.25) is 0 Å². The molecule has 2 aromatic rings. The fraction of sp³-hybridized carbons (Fsp3) is 0.167. The van der Waals surface area contributed by atoms with E-state index in [2.05, 4.69) is 31.2 Å². The Morgan fingerprint density at radius 3 is 2.59 bits per heavy atom. The molecular formula is C12H11BrFN3. The van der Waals surface area contributed by atoms with Gasteiger partial charge < -0.3 is 5.32 Å². The summed E-state index contributed by atoms with van der Waals surface area (Å²) in [5.41, 5.74) is 1.29. The van der Waals surface area contributed by atoms with Crippen LogP contribution >= 0.6 is 15.9 Å². The predicted octanol–water partition coefficient (Wildman–Crippen LogP) is 3.74. The lowest BCUT2D eigenvalue weighted by Crippen LogP contribution is -1.99. The minimum atomic E-state index is -0.294. The Bertz CT molecular complexity index is 537. The van der Waals surface area contributed by atoms with E-state index >= 15 is 0 Å². The number of rotatable bonds is 2. The molecule has 3 nitrogen and oxygen atoms in total. The van der Waals surface area contributed by atoms with Gasteiger partial charge in [0.05, 0.1) is 5.69 Å². The third-order valence-corrected chi connectivity index (χ3v) is 2.60. The number of nitrogens with one attached hydrogen (secondary N) is 1. The van der Waals surface area contributed by atoms with Gasteiger partial charge in [0.1, 0.15) is 22.1 Å². The second-order valence-electron chi connectivity index (χ2n) is 3.73. The van der Waals surface area contributed by atoms with Gasteiger partial charge in [-0.2, -0.15) is 0 Å². The summed E-state index contributed by atoms with van der Waals surface area (Å²) in [5.74, 6) is 0.888. The van der Waals surface area contributed by atoms with E-state index in [0.29, 0.717) is 21.9 Å². The average Bonchev–Trinajstić information content (AvgIpc) is 2.21. The highest BCUT2D eigenvalue weighted by Gasteiger charge is 2.05. The average molecular weight is 296 g/mol. The Labute approximate surface area is 107 Å². The van der Waals surface area contributed by atoms with Crippen LogP contribution in [0.15, 0.2) is 28.9 Å². The van der Waals surface area contributed by atoms with Crippen molar-refractivity contribution in [1.29, 1.82) is 0 Å². The fourth-order valence-electron chi connectivity index (χ4n) is 1.45. The van der Waals surface area contributed by atoms with E-state index in [1.807, 2.05) is 13.0 Å². The monoisotopic (exact) mass is 295 g/mol. The Morgan fingerprint density at radius 1 is 1.18 bits per heavy atom. The standard InChI is InChI=1S/C12H11BrFN3/c1-7-3-4-10(9(14)5-7)17-12-6-11(13)15-8(2)16-12/h3-6H,1-2H3,(H,15,16,17). The Balaban J connectivity index is 2.31. The van der Waals surface area contributed by atoms with E-state index in [4.69, 9.17) is 0 Å². The zero-order valence-corrected chi connectivity index (χ0v) is 11.0. The van der Waals surface area contributed by atoms with Gasteiger partial charge in [-0.05, 0) is 47.5 Å². The Kier molecular flexibility index (Phi) is 3.38. The lowest BCUT2D eigenvalue weighted by Gasteiger charge is -2.08. The molecular weight excluding hydrogens is 285 g/mol. The van der Waals surface area contributed by atoms with Crippen molar-refractivity contribution in [3.63, 3.8) is 0 Å². The zero-order chi connectivity index (χ0) is 12.4. The summed E-state index contributed by atoms with van der Waals surface area (Å²) in [7, 11) is 0. The molecule has 2 rings (SSSR count). The summed E-state index contributed by atoms with van der Waals surface area (Å²) in [4.78, 5) is 8.26. The number of hydrogen-bond acceptors (Lipinski definition) is 3. The number of nitrogens with zero attached hydrogens (tertiary/aromatic N) is 2. The number of anilines is 2. The van der Waals surface area contributed by atoms with Crippen molar-refractivity contribution in [3.8, 4) is 0 Å². The van der Waals surface area contributed by atoms with Crippen LogP contribution in [0.5, 0.6) is 0 Å². The molecule has 0 atom stereocenters. The summed E-state index contributed by atoms with van der Waals surface area (Å²) in [6, 6.07) is 6.71. The maximum Gasteiger partial charge on any atom is 0.146 e. The van der Waals surface area contributed by atoms with Crippen LogP contribution in [0.1, 0.15) is 11.4 Å². The number of aromatic nitrogens is 2. The third kappa shape index (κ3) is 3.00. The van der Waals surface area contributed by atoms with Crippen molar-refractivity contribution in [3.05, 3.63) is 46.1 Å². The van der Waals surface area contributed by atoms with Gasteiger partial charge in [-0.25, -0.2) is 14.4 Å². The Hall–Kier alpha value is -1.49. The first kappa shape index (κ1) is 12.0. The molecule has 0 spiro atoms. The summed E-state index contributed by atoms with van der Waals surface area (Å²) >= 11 is 3.27. The van der Waals surface area contributed by atoms with Crippen LogP contribution in [0.3, 0.4) is 0 Å². The van der Waals surface area contributed by atoms with E-state index in [1.54, 1.807) is 19.1 Å². The summed E-state index contributed by atoms with van der Waals surface area (Å²) < 4.78 is 14.3. The highest BCUT2D eigenvalue weighted by molar-refractivity contribution is 9.10. The molecule has 0 radical (unpaired) electrons. The van der Waals surface area contributed by atoms with Crippen LogP contribution in [-0.4, -0.2) is 9.97 Å². The topological polar surface area (TPSA) is 37.8 Å². The highest BCUT2D eigenvalue weighted by Crippen LogP contribution is 2.21. The lowest BCUT2D eigenvalue weighted by molar-refractivity contribution is 0.630. The fourth-order valence-corrected chi connectivity index (χ4v) is 1.93. The minimum absolute atomic E-state index is 0.294. The molecule has 1 N–H and O–H groups in total. The smallest absolute Gasteiger partial charge is 0.146 e. The van der Waals surface area contributed by atoms with Crippen LogP contribution in [0, 0.1) is 19.7 Å². The summed E-state index contributed by atoms with van der Waals surface area (Å²) in [6.45, 7) is 3.62. The summed E-state index contributed by atoms with van der Waals surface area (Å²) in [6.07, 6.45) is 0. The van der Waals surface area contributed by atoms with Crippen LogP contribution in [-0.2, 0) is 0 Å². The quantitative estimate of drug-likeness (QED) is 0.858. The van der Waals surface area contributed by atoms with Gasteiger partial charge in [-0.1, -0.05) is 6.07 Å². The predicted molar refractivity (Wildman–Crippen MR) is 68.9 cm³/mol. The zero-order valence-electron chi connectivity index (χ0n) is 9.46. The Morgan fingerprint density at radius 2 is 1.94 bits per heavy atom. The van der Waals surface area contributed by atoms with E-state index in [9.17, 15) is 4.39 Å². The SMILES string of the molecule is Cc1ccc(Nc2cc(Br)nc(C)n2)c(F)c1. The van der Waals surface area contributed by atoms with E-state index in [-0.39, 0.29) is 5.82 Å². The van der Waals surface area contributed by atoms with Crippen molar-refractivity contribution < 1.29 is 4.39 Å². The molecule has 1 aromatic carbocycles. The number of benzene rings is 1. The van der Waals surface area contributed by atoms with Crippen molar-refractivity contribution >= 4 is 27.4 Å². The van der Waals surface area contributed by atoms with Crippen LogP contribution in [0.4, 0.5) is 15.9 Å². The van der Waals surface area contributed by atoms with Crippen LogP contribution < -0.4 is 5.32 Å². The number of halogens is 2. The maximum atomic E-state index is 13.6. The molecule has 0 amide bonds. The van der Waals surface area contributed by atoms with E-state index in [0.717, 1.165) is 5.56 Å². The van der Waals surface area contributed by atoms with Crippen LogP contribution in [0.2, 0.25) is 0 Å². The van der Waals surface area contributed by atoms with Crippen LogP contribution in [0.25, 0.3) is 0 Å². The molecule has 0 aliphatic rings. The first-order valence-electron chi connectivity index (χ1n) is 5.09. The van der Waals surface area contributed by atoms with Crippen molar-refractivity contribution in [2.75, 3.05) is 5.32 Å². The normalized spacial score (nSPS) is 10.4. The maximum absolute atomic E-state index is 13.6. The summed E-state index contributed by atoms with van der Waals surface area (Å²) in [5, 5.41) is 2.92. The number of aryl methyl sites for hydroxylation is 2. The molecule has 5 heteroatoms. The molecule has 0 aliphatic carbocycles. The number of hydrogen-bond donors (Lipinski definition) is 1. The van der Waals surface area contributed by atoms with Gasteiger partial charge >= 0.3 is 0 Å².